The van der Waals surface area contributed by atoms with Crippen molar-refractivity contribution in [2.75, 3.05) is 25.5 Å². The molecule has 2 aromatic carbocycles. The first-order valence-corrected chi connectivity index (χ1v) is 12.1. The zero-order valence-corrected chi connectivity index (χ0v) is 20.1. The third kappa shape index (κ3) is 5.32. The number of methoxy groups -OCH3 is 1. The molecule has 1 fully saturated rings. The minimum Gasteiger partial charge on any atom is -0.497 e. The zero-order chi connectivity index (χ0) is 23.3. The summed E-state index contributed by atoms with van der Waals surface area (Å²) in [6, 6.07) is 16.7. The van der Waals surface area contributed by atoms with Crippen molar-refractivity contribution in [3.63, 3.8) is 0 Å². The largest absolute Gasteiger partial charge is 0.497 e. The zero-order valence-electron chi connectivity index (χ0n) is 19.4. The van der Waals surface area contributed by atoms with Crippen LogP contribution in [0.1, 0.15) is 36.0 Å². The van der Waals surface area contributed by atoms with Gasteiger partial charge in [0.2, 0.25) is 5.28 Å². The normalized spacial score (nSPS) is 14.4. The Morgan fingerprint density at radius 3 is 2.47 bits per heavy atom. The number of benzene rings is 2. The van der Waals surface area contributed by atoms with E-state index in [1.807, 2.05) is 28.9 Å². The summed E-state index contributed by atoms with van der Waals surface area (Å²) in [5.74, 6) is 1.51. The maximum absolute atomic E-state index is 6.29. The summed E-state index contributed by atoms with van der Waals surface area (Å²) in [4.78, 5) is 11.4. The van der Waals surface area contributed by atoms with Gasteiger partial charge in [-0.3, -0.25) is 4.90 Å². The third-order valence-electron chi connectivity index (χ3n) is 6.27. The Morgan fingerprint density at radius 2 is 1.71 bits per heavy atom. The lowest BCUT2D eigenvalue weighted by molar-refractivity contribution is 0.221. The number of anilines is 1. The lowest BCUT2D eigenvalue weighted by Crippen LogP contribution is -2.29. The number of piperidine rings is 1. The van der Waals surface area contributed by atoms with Crippen LogP contribution in [0.15, 0.2) is 54.7 Å². The molecule has 1 aliphatic rings. The van der Waals surface area contributed by atoms with Gasteiger partial charge in [-0.1, -0.05) is 42.8 Å². The van der Waals surface area contributed by atoms with E-state index in [-0.39, 0.29) is 5.28 Å². The van der Waals surface area contributed by atoms with Crippen LogP contribution in [-0.4, -0.2) is 44.8 Å². The first-order valence-electron chi connectivity index (χ1n) is 11.7. The van der Waals surface area contributed by atoms with Gasteiger partial charge in [0.15, 0.2) is 5.65 Å². The highest BCUT2D eigenvalue weighted by molar-refractivity contribution is 6.28. The molecule has 34 heavy (non-hydrogen) atoms. The number of likely N-dealkylation sites (tertiary alicyclic amines) is 1. The van der Waals surface area contributed by atoms with E-state index in [1.165, 1.54) is 43.5 Å². The Labute approximate surface area is 204 Å². The minimum atomic E-state index is 0.199. The van der Waals surface area contributed by atoms with Crippen LogP contribution in [0, 0.1) is 0 Å². The molecule has 0 radical (unpaired) electrons. The van der Waals surface area contributed by atoms with E-state index in [0.29, 0.717) is 18.9 Å². The molecule has 1 saturated heterocycles. The molecular formula is C26H29ClN6O. The third-order valence-corrected chi connectivity index (χ3v) is 6.44. The SMILES string of the molecule is COc1ccc(CNc2nc(Cl)nc3c2cnn3Cc2cccc(CN3CCCCC3)c2)cc1. The summed E-state index contributed by atoms with van der Waals surface area (Å²) in [5.41, 5.74) is 4.37. The molecule has 4 aromatic rings. The highest BCUT2D eigenvalue weighted by Crippen LogP contribution is 2.24. The molecule has 5 rings (SSSR count). The van der Waals surface area contributed by atoms with E-state index in [2.05, 4.69) is 49.5 Å². The van der Waals surface area contributed by atoms with E-state index in [9.17, 15) is 0 Å². The van der Waals surface area contributed by atoms with Gasteiger partial charge in [-0.15, -0.1) is 0 Å². The van der Waals surface area contributed by atoms with Crippen LogP contribution in [-0.2, 0) is 19.6 Å². The van der Waals surface area contributed by atoms with E-state index < -0.39 is 0 Å². The Hall–Kier alpha value is -3.16. The molecule has 0 bridgehead atoms. The minimum absolute atomic E-state index is 0.199. The summed E-state index contributed by atoms with van der Waals surface area (Å²) in [6.45, 7) is 4.62. The van der Waals surface area contributed by atoms with Gasteiger partial charge < -0.3 is 10.1 Å². The summed E-state index contributed by atoms with van der Waals surface area (Å²) in [7, 11) is 1.66. The van der Waals surface area contributed by atoms with Gasteiger partial charge in [0.25, 0.3) is 0 Å². The number of hydrogen-bond acceptors (Lipinski definition) is 6. The quantitative estimate of drug-likeness (QED) is 0.355. The number of halogens is 1. The van der Waals surface area contributed by atoms with Crippen molar-refractivity contribution in [3.05, 3.63) is 76.7 Å². The van der Waals surface area contributed by atoms with Crippen molar-refractivity contribution in [3.8, 4) is 5.75 Å². The number of fused-ring (bicyclic) bond motifs is 1. The highest BCUT2D eigenvalue weighted by atomic mass is 35.5. The molecule has 2 aromatic heterocycles. The Bertz CT molecular complexity index is 1250. The van der Waals surface area contributed by atoms with E-state index in [1.54, 1.807) is 13.3 Å². The Balaban J connectivity index is 1.32. The molecule has 0 unspecified atom stereocenters. The summed E-state index contributed by atoms with van der Waals surface area (Å²) < 4.78 is 7.12. The second-order valence-corrected chi connectivity index (χ2v) is 9.08. The first-order chi connectivity index (χ1) is 16.7. The van der Waals surface area contributed by atoms with Gasteiger partial charge >= 0.3 is 0 Å². The number of rotatable bonds is 8. The van der Waals surface area contributed by atoms with E-state index in [4.69, 9.17) is 16.3 Å². The summed E-state index contributed by atoms with van der Waals surface area (Å²) >= 11 is 6.29. The lowest BCUT2D eigenvalue weighted by Gasteiger charge is -2.26. The van der Waals surface area contributed by atoms with Gasteiger partial charge in [0.05, 0.1) is 25.2 Å². The fourth-order valence-corrected chi connectivity index (χ4v) is 4.65. The van der Waals surface area contributed by atoms with Crippen molar-refractivity contribution in [1.82, 2.24) is 24.6 Å². The average molecular weight is 477 g/mol. The second kappa shape index (κ2) is 10.4. The van der Waals surface area contributed by atoms with Gasteiger partial charge in [-0.25, -0.2) is 4.68 Å². The second-order valence-electron chi connectivity index (χ2n) is 8.74. The predicted molar refractivity (Wildman–Crippen MR) is 135 cm³/mol. The number of nitrogens with one attached hydrogen (secondary N) is 1. The van der Waals surface area contributed by atoms with Crippen LogP contribution in [0.5, 0.6) is 5.75 Å². The van der Waals surface area contributed by atoms with Crippen LogP contribution in [0.25, 0.3) is 11.0 Å². The van der Waals surface area contributed by atoms with Crippen molar-refractivity contribution in [2.45, 2.75) is 38.9 Å². The topological polar surface area (TPSA) is 68.1 Å². The monoisotopic (exact) mass is 476 g/mol. The van der Waals surface area contributed by atoms with Crippen molar-refractivity contribution in [2.24, 2.45) is 0 Å². The van der Waals surface area contributed by atoms with Crippen LogP contribution in [0.3, 0.4) is 0 Å². The number of ether oxygens (including phenoxy) is 1. The number of aromatic nitrogens is 4. The Morgan fingerprint density at radius 1 is 0.941 bits per heavy atom. The molecule has 7 nitrogen and oxygen atoms in total. The van der Waals surface area contributed by atoms with Crippen LogP contribution < -0.4 is 10.1 Å². The van der Waals surface area contributed by atoms with Crippen molar-refractivity contribution < 1.29 is 4.74 Å². The molecule has 0 atom stereocenters. The van der Waals surface area contributed by atoms with Gasteiger partial charge in [0, 0.05) is 13.1 Å². The van der Waals surface area contributed by atoms with Crippen LogP contribution in [0.2, 0.25) is 5.28 Å². The molecule has 1 N–H and O–H groups in total. The summed E-state index contributed by atoms with van der Waals surface area (Å²) in [6.07, 6.45) is 5.76. The predicted octanol–water partition coefficient (Wildman–Crippen LogP) is 5.13. The lowest BCUT2D eigenvalue weighted by atomic mass is 10.1. The number of hydrogen-bond donors (Lipinski definition) is 1. The molecule has 0 amide bonds. The molecule has 8 heteroatoms. The standard InChI is InChI=1S/C26H29ClN6O/c1-34-22-10-8-19(9-11-22)15-28-24-23-16-29-33(25(23)31-26(27)30-24)18-21-7-5-6-20(14-21)17-32-12-3-2-4-13-32/h5-11,14,16H,2-4,12-13,15,17-18H2,1H3,(H,28,30,31). The van der Waals surface area contributed by atoms with Gasteiger partial charge in [0.1, 0.15) is 11.6 Å². The number of nitrogens with zero attached hydrogens (tertiary/aromatic N) is 5. The molecule has 1 aliphatic heterocycles. The molecule has 0 saturated carbocycles. The van der Waals surface area contributed by atoms with Gasteiger partial charge in [-0.2, -0.15) is 15.1 Å². The Kier molecular flexibility index (Phi) is 6.92. The first kappa shape index (κ1) is 22.6. The highest BCUT2D eigenvalue weighted by Gasteiger charge is 2.14. The van der Waals surface area contributed by atoms with Gasteiger partial charge in [-0.05, 0) is 66.4 Å². The maximum atomic E-state index is 6.29. The molecule has 0 spiro atoms. The van der Waals surface area contributed by atoms with E-state index in [0.717, 1.165) is 28.9 Å². The fraction of sp³-hybridized carbons (Fsp3) is 0.346. The molecular weight excluding hydrogens is 448 g/mol. The van der Waals surface area contributed by atoms with Crippen LogP contribution in [0.4, 0.5) is 5.82 Å². The van der Waals surface area contributed by atoms with E-state index >= 15 is 0 Å². The molecule has 176 valence electrons. The van der Waals surface area contributed by atoms with Crippen molar-refractivity contribution >= 4 is 28.5 Å². The molecule has 3 heterocycles. The maximum Gasteiger partial charge on any atom is 0.226 e. The van der Waals surface area contributed by atoms with Crippen molar-refractivity contribution in [1.29, 1.82) is 0 Å². The summed E-state index contributed by atoms with van der Waals surface area (Å²) in [5, 5.41) is 9.03. The molecule has 0 aliphatic carbocycles. The fourth-order valence-electron chi connectivity index (χ4n) is 4.48. The smallest absolute Gasteiger partial charge is 0.226 e. The average Bonchev–Trinajstić information content (AvgIpc) is 3.26. The van der Waals surface area contributed by atoms with Crippen LogP contribution >= 0.6 is 11.6 Å².